The van der Waals surface area contributed by atoms with Crippen molar-refractivity contribution < 1.29 is 9.84 Å². The number of rotatable bonds is 5. The van der Waals surface area contributed by atoms with Crippen LogP contribution in [0.15, 0.2) is 12.4 Å². The Labute approximate surface area is 96.2 Å². The van der Waals surface area contributed by atoms with Crippen LogP contribution in [0.1, 0.15) is 31.2 Å². The molecule has 1 aliphatic rings. The molecule has 1 saturated heterocycles. The average molecular weight is 224 g/mol. The lowest BCUT2D eigenvalue weighted by Crippen LogP contribution is -2.24. The first kappa shape index (κ1) is 11.6. The third kappa shape index (κ3) is 3.32. The molecule has 0 bridgehead atoms. The summed E-state index contributed by atoms with van der Waals surface area (Å²) in [6.07, 6.45) is 9.60. The molecule has 1 aromatic heterocycles. The average Bonchev–Trinajstić information content (AvgIpc) is 2.75. The molecule has 0 aliphatic carbocycles. The maximum absolute atomic E-state index is 8.75. The Kier molecular flexibility index (Phi) is 4.36. The highest BCUT2D eigenvalue weighted by molar-refractivity contribution is 5.03. The fraction of sp³-hybridized carbons (Fsp3) is 0.750. The minimum Gasteiger partial charge on any atom is -0.396 e. The number of hydrogen-bond acceptors (Lipinski definition) is 3. The van der Waals surface area contributed by atoms with Crippen molar-refractivity contribution in [2.75, 3.05) is 13.2 Å². The Balaban J connectivity index is 1.81. The largest absolute Gasteiger partial charge is 0.396 e. The van der Waals surface area contributed by atoms with Crippen molar-refractivity contribution >= 4 is 0 Å². The maximum atomic E-state index is 8.75. The molecular weight excluding hydrogens is 204 g/mol. The SMILES string of the molecule is OCCCc1cnn(C[C@H]2CCCCO2)c1. The lowest BCUT2D eigenvalue weighted by molar-refractivity contribution is 0.00398. The molecule has 0 unspecified atom stereocenters. The van der Waals surface area contributed by atoms with E-state index in [1.165, 1.54) is 18.4 Å². The van der Waals surface area contributed by atoms with Crippen LogP contribution in [0.5, 0.6) is 0 Å². The molecule has 0 aromatic carbocycles. The molecule has 1 fully saturated rings. The second-order valence-electron chi connectivity index (χ2n) is 4.39. The number of aliphatic hydroxyl groups excluding tert-OH is 1. The van der Waals surface area contributed by atoms with Crippen LogP contribution in [0.25, 0.3) is 0 Å². The highest BCUT2D eigenvalue weighted by Gasteiger charge is 2.14. The van der Waals surface area contributed by atoms with Gasteiger partial charge in [-0.25, -0.2) is 0 Å². The number of ether oxygens (including phenoxy) is 1. The predicted molar refractivity (Wildman–Crippen MR) is 61.2 cm³/mol. The third-order valence-corrected chi connectivity index (χ3v) is 2.97. The van der Waals surface area contributed by atoms with E-state index in [-0.39, 0.29) is 6.61 Å². The monoisotopic (exact) mass is 224 g/mol. The topological polar surface area (TPSA) is 47.3 Å². The number of hydrogen-bond donors (Lipinski definition) is 1. The molecular formula is C12H20N2O2. The van der Waals surface area contributed by atoms with E-state index in [1.807, 2.05) is 10.9 Å². The van der Waals surface area contributed by atoms with Crippen LogP contribution in [0.4, 0.5) is 0 Å². The highest BCUT2D eigenvalue weighted by atomic mass is 16.5. The van der Waals surface area contributed by atoms with Gasteiger partial charge in [-0.2, -0.15) is 5.10 Å². The van der Waals surface area contributed by atoms with Crippen molar-refractivity contribution in [3.8, 4) is 0 Å². The normalized spacial score (nSPS) is 21.2. The van der Waals surface area contributed by atoms with Gasteiger partial charge in [-0.15, -0.1) is 0 Å². The molecule has 1 aromatic rings. The number of aryl methyl sites for hydroxylation is 1. The molecule has 2 heterocycles. The number of aromatic nitrogens is 2. The van der Waals surface area contributed by atoms with Crippen molar-refractivity contribution in [1.82, 2.24) is 9.78 Å². The van der Waals surface area contributed by atoms with Crippen LogP contribution in [0.3, 0.4) is 0 Å². The Bertz CT molecular complexity index is 306. The van der Waals surface area contributed by atoms with Crippen LogP contribution < -0.4 is 0 Å². The highest BCUT2D eigenvalue weighted by Crippen LogP contribution is 2.14. The van der Waals surface area contributed by atoms with E-state index in [1.54, 1.807) is 0 Å². The first-order valence-corrected chi connectivity index (χ1v) is 6.12. The molecule has 16 heavy (non-hydrogen) atoms. The summed E-state index contributed by atoms with van der Waals surface area (Å²) in [5.41, 5.74) is 1.20. The summed E-state index contributed by atoms with van der Waals surface area (Å²) in [6.45, 7) is 2.00. The molecule has 1 aliphatic heterocycles. The van der Waals surface area contributed by atoms with Crippen LogP contribution in [-0.4, -0.2) is 34.2 Å². The minimum atomic E-state index is 0.247. The van der Waals surface area contributed by atoms with E-state index in [4.69, 9.17) is 9.84 Å². The molecule has 0 spiro atoms. The van der Waals surface area contributed by atoms with Crippen molar-refractivity contribution in [2.45, 2.75) is 44.8 Å². The predicted octanol–water partition coefficient (Wildman–Crippen LogP) is 1.38. The van der Waals surface area contributed by atoms with Gasteiger partial charge in [-0.05, 0) is 37.7 Å². The standard InChI is InChI=1S/C12H20N2O2/c15-6-3-4-11-8-13-14(9-11)10-12-5-1-2-7-16-12/h8-9,12,15H,1-7,10H2/t12-/m1/s1. The van der Waals surface area contributed by atoms with E-state index in [2.05, 4.69) is 11.3 Å². The van der Waals surface area contributed by atoms with Gasteiger partial charge in [0.2, 0.25) is 0 Å². The summed E-state index contributed by atoms with van der Waals surface area (Å²) in [5, 5.41) is 13.1. The Morgan fingerprint density at radius 1 is 1.50 bits per heavy atom. The Morgan fingerprint density at radius 2 is 2.44 bits per heavy atom. The summed E-state index contributed by atoms with van der Waals surface area (Å²) in [4.78, 5) is 0. The summed E-state index contributed by atoms with van der Waals surface area (Å²) in [6, 6.07) is 0. The van der Waals surface area contributed by atoms with E-state index in [0.29, 0.717) is 6.10 Å². The zero-order chi connectivity index (χ0) is 11.2. The zero-order valence-electron chi connectivity index (χ0n) is 9.64. The van der Waals surface area contributed by atoms with Gasteiger partial charge in [0.15, 0.2) is 0 Å². The minimum absolute atomic E-state index is 0.247. The van der Waals surface area contributed by atoms with Gasteiger partial charge in [0.1, 0.15) is 0 Å². The third-order valence-electron chi connectivity index (χ3n) is 2.97. The van der Waals surface area contributed by atoms with E-state index in [9.17, 15) is 0 Å². The molecule has 0 amide bonds. The molecule has 0 radical (unpaired) electrons. The summed E-state index contributed by atoms with van der Waals surface area (Å²) < 4.78 is 7.63. The van der Waals surface area contributed by atoms with Gasteiger partial charge in [0.25, 0.3) is 0 Å². The maximum Gasteiger partial charge on any atom is 0.0770 e. The van der Waals surface area contributed by atoms with Crippen LogP contribution >= 0.6 is 0 Å². The quantitative estimate of drug-likeness (QED) is 0.822. The van der Waals surface area contributed by atoms with Gasteiger partial charge in [0.05, 0.1) is 18.8 Å². The fourth-order valence-corrected chi connectivity index (χ4v) is 2.08. The van der Waals surface area contributed by atoms with Crippen molar-refractivity contribution in [1.29, 1.82) is 0 Å². The second kappa shape index (κ2) is 6.01. The summed E-state index contributed by atoms with van der Waals surface area (Å²) >= 11 is 0. The van der Waals surface area contributed by atoms with Gasteiger partial charge >= 0.3 is 0 Å². The molecule has 1 N–H and O–H groups in total. The first-order chi connectivity index (χ1) is 7.88. The number of nitrogens with zero attached hydrogens (tertiary/aromatic N) is 2. The summed E-state index contributed by atoms with van der Waals surface area (Å²) in [7, 11) is 0. The smallest absolute Gasteiger partial charge is 0.0770 e. The van der Waals surface area contributed by atoms with Gasteiger partial charge in [0, 0.05) is 19.4 Å². The van der Waals surface area contributed by atoms with Crippen LogP contribution in [0, 0.1) is 0 Å². The van der Waals surface area contributed by atoms with Crippen molar-refractivity contribution in [2.24, 2.45) is 0 Å². The summed E-state index contributed by atoms with van der Waals surface area (Å²) in [5.74, 6) is 0. The van der Waals surface area contributed by atoms with Crippen molar-refractivity contribution in [3.05, 3.63) is 18.0 Å². The first-order valence-electron chi connectivity index (χ1n) is 6.12. The van der Waals surface area contributed by atoms with Crippen LogP contribution in [-0.2, 0) is 17.7 Å². The molecule has 2 rings (SSSR count). The zero-order valence-corrected chi connectivity index (χ0v) is 9.64. The van der Waals surface area contributed by atoms with Crippen molar-refractivity contribution in [3.63, 3.8) is 0 Å². The molecule has 4 nitrogen and oxygen atoms in total. The number of aliphatic hydroxyl groups is 1. The van der Waals surface area contributed by atoms with E-state index >= 15 is 0 Å². The fourth-order valence-electron chi connectivity index (χ4n) is 2.08. The van der Waals surface area contributed by atoms with Gasteiger partial charge in [-0.3, -0.25) is 4.68 Å². The lowest BCUT2D eigenvalue weighted by Gasteiger charge is -2.22. The molecule has 90 valence electrons. The molecule has 0 saturated carbocycles. The van der Waals surface area contributed by atoms with E-state index in [0.717, 1.165) is 32.4 Å². The molecule has 1 atom stereocenters. The van der Waals surface area contributed by atoms with Gasteiger partial charge < -0.3 is 9.84 Å². The van der Waals surface area contributed by atoms with Gasteiger partial charge in [-0.1, -0.05) is 0 Å². The Morgan fingerprint density at radius 3 is 3.19 bits per heavy atom. The lowest BCUT2D eigenvalue weighted by atomic mass is 10.1. The van der Waals surface area contributed by atoms with Crippen LogP contribution in [0.2, 0.25) is 0 Å². The molecule has 4 heteroatoms. The second-order valence-corrected chi connectivity index (χ2v) is 4.39. The Hall–Kier alpha value is -0.870. The van der Waals surface area contributed by atoms with E-state index < -0.39 is 0 Å².